The number of hydrogen-bond donors (Lipinski definition) is 1. The number of ether oxygens (including phenoxy) is 1. The SMILES string of the molecule is COC(=O)c1ccc(CN[C@@H]2CCCSC2)cc1. The van der Waals surface area contributed by atoms with Gasteiger partial charge in [-0.15, -0.1) is 0 Å². The Bertz CT molecular complexity index is 385. The van der Waals surface area contributed by atoms with Crippen molar-refractivity contribution < 1.29 is 9.53 Å². The minimum absolute atomic E-state index is 0.279. The molecule has 1 N–H and O–H groups in total. The molecule has 1 heterocycles. The maximum absolute atomic E-state index is 11.3. The van der Waals surface area contributed by atoms with E-state index in [9.17, 15) is 4.79 Å². The zero-order chi connectivity index (χ0) is 12.8. The molecule has 0 aromatic heterocycles. The van der Waals surface area contributed by atoms with E-state index in [0.29, 0.717) is 11.6 Å². The first-order valence-electron chi connectivity index (χ1n) is 6.28. The number of benzene rings is 1. The first-order chi connectivity index (χ1) is 8.79. The van der Waals surface area contributed by atoms with Crippen molar-refractivity contribution in [2.45, 2.75) is 25.4 Å². The Morgan fingerprint density at radius 1 is 1.44 bits per heavy atom. The van der Waals surface area contributed by atoms with Gasteiger partial charge in [0, 0.05) is 18.3 Å². The zero-order valence-electron chi connectivity index (χ0n) is 10.6. The average Bonchev–Trinajstić information content (AvgIpc) is 2.46. The lowest BCUT2D eigenvalue weighted by molar-refractivity contribution is 0.0600. The van der Waals surface area contributed by atoms with Gasteiger partial charge >= 0.3 is 5.97 Å². The van der Waals surface area contributed by atoms with Gasteiger partial charge in [0.2, 0.25) is 0 Å². The molecular weight excluding hydrogens is 246 g/mol. The highest BCUT2D eigenvalue weighted by Gasteiger charge is 2.12. The van der Waals surface area contributed by atoms with E-state index in [0.717, 1.165) is 6.54 Å². The first kappa shape index (κ1) is 13.4. The molecule has 18 heavy (non-hydrogen) atoms. The van der Waals surface area contributed by atoms with E-state index in [1.807, 2.05) is 36.0 Å². The molecule has 1 fully saturated rings. The Hall–Kier alpha value is -1.00. The predicted molar refractivity (Wildman–Crippen MR) is 75.0 cm³/mol. The molecule has 0 unspecified atom stereocenters. The first-order valence-corrected chi connectivity index (χ1v) is 7.43. The summed E-state index contributed by atoms with van der Waals surface area (Å²) >= 11 is 2.02. The summed E-state index contributed by atoms with van der Waals surface area (Å²) in [7, 11) is 1.40. The van der Waals surface area contributed by atoms with Crippen molar-refractivity contribution in [2.24, 2.45) is 0 Å². The lowest BCUT2D eigenvalue weighted by atomic mass is 10.1. The van der Waals surface area contributed by atoms with Gasteiger partial charge in [0.05, 0.1) is 12.7 Å². The van der Waals surface area contributed by atoms with Gasteiger partial charge in [-0.05, 0) is 36.3 Å². The Balaban J connectivity index is 1.84. The van der Waals surface area contributed by atoms with Crippen LogP contribution in [0.2, 0.25) is 0 Å². The number of carbonyl (C=O) groups excluding carboxylic acids is 1. The average molecular weight is 265 g/mol. The van der Waals surface area contributed by atoms with Crippen molar-refractivity contribution in [1.29, 1.82) is 0 Å². The number of rotatable bonds is 4. The molecule has 1 aliphatic heterocycles. The monoisotopic (exact) mass is 265 g/mol. The van der Waals surface area contributed by atoms with Crippen LogP contribution in [-0.2, 0) is 11.3 Å². The number of hydrogen-bond acceptors (Lipinski definition) is 4. The van der Waals surface area contributed by atoms with Crippen LogP contribution >= 0.6 is 11.8 Å². The lowest BCUT2D eigenvalue weighted by Crippen LogP contribution is -2.33. The van der Waals surface area contributed by atoms with Crippen LogP contribution in [0.3, 0.4) is 0 Å². The van der Waals surface area contributed by atoms with E-state index < -0.39 is 0 Å². The number of thioether (sulfide) groups is 1. The molecule has 0 aliphatic carbocycles. The summed E-state index contributed by atoms with van der Waals surface area (Å²) in [4.78, 5) is 11.3. The molecule has 0 bridgehead atoms. The molecule has 98 valence electrons. The highest BCUT2D eigenvalue weighted by molar-refractivity contribution is 7.99. The zero-order valence-corrected chi connectivity index (χ0v) is 11.5. The third-order valence-corrected chi connectivity index (χ3v) is 4.35. The van der Waals surface area contributed by atoms with Gasteiger partial charge in [0.15, 0.2) is 0 Å². The van der Waals surface area contributed by atoms with Crippen molar-refractivity contribution >= 4 is 17.7 Å². The van der Waals surface area contributed by atoms with Crippen LogP contribution in [0.5, 0.6) is 0 Å². The molecule has 0 saturated carbocycles. The quantitative estimate of drug-likeness (QED) is 0.849. The van der Waals surface area contributed by atoms with Gasteiger partial charge in [0.25, 0.3) is 0 Å². The maximum atomic E-state index is 11.3. The Morgan fingerprint density at radius 3 is 2.83 bits per heavy atom. The standard InChI is InChI=1S/C14H19NO2S/c1-17-14(16)12-6-4-11(5-7-12)9-15-13-3-2-8-18-10-13/h4-7,13,15H,2-3,8-10H2,1H3/t13-/m1/s1. The normalized spacial score (nSPS) is 19.5. The van der Waals surface area contributed by atoms with Crippen molar-refractivity contribution in [1.82, 2.24) is 5.32 Å². The summed E-state index contributed by atoms with van der Waals surface area (Å²) in [6, 6.07) is 8.23. The molecule has 4 heteroatoms. The van der Waals surface area contributed by atoms with E-state index in [2.05, 4.69) is 10.1 Å². The summed E-state index contributed by atoms with van der Waals surface area (Å²) in [5.74, 6) is 2.23. The predicted octanol–water partition coefficient (Wildman–Crippen LogP) is 2.46. The van der Waals surface area contributed by atoms with Gasteiger partial charge in [0.1, 0.15) is 0 Å². The molecule has 1 aliphatic rings. The second kappa shape index (κ2) is 6.81. The summed E-state index contributed by atoms with van der Waals surface area (Å²) < 4.78 is 4.67. The molecule has 0 spiro atoms. The molecule has 3 nitrogen and oxygen atoms in total. The van der Waals surface area contributed by atoms with E-state index in [1.54, 1.807) is 0 Å². The van der Waals surface area contributed by atoms with Crippen molar-refractivity contribution in [2.75, 3.05) is 18.6 Å². The molecule has 1 atom stereocenters. The Morgan fingerprint density at radius 2 is 2.22 bits per heavy atom. The van der Waals surface area contributed by atoms with E-state index >= 15 is 0 Å². The Labute approximate surface area is 112 Å². The van der Waals surface area contributed by atoms with Crippen LogP contribution in [0.1, 0.15) is 28.8 Å². The van der Waals surface area contributed by atoms with E-state index in [4.69, 9.17) is 0 Å². The maximum Gasteiger partial charge on any atom is 0.337 e. The van der Waals surface area contributed by atoms with Gasteiger partial charge < -0.3 is 10.1 Å². The molecular formula is C14H19NO2S. The number of carbonyl (C=O) groups is 1. The second-order valence-corrected chi connectivity index (χ2v) is 5.63. The largest absolute Gasteiger partial charge is 0.465 e. The minimum Gasteiger partial charge on any atom is -0.465 e. The second-order valence-electron chi connectivity index (χ2n) is 4.48. The van der Waals surface area contributed by atoms with Crippen LogP contribution in [0, 0.1) is 0 Å². The van der Waals surface area contributed by atoms with E-state index in [1.165, 1.54) is 37.0 Å². The van der Waals surface area contributed by atoms with E-state index in [-0.39, 0.29) is 5.97 Å². The Kier molecular flexibility index (Phi) is 5.08. The van der Waals surface area contributed by atoms with Gasteiger partial charge in [-0.3, -0.25) is 0 Å². The highest BCUT2D eigenvalue weighted by Crippen LogP contribution is 2.17. The number of nitrogens with one attached hydrogen (secondary N) is 1. The molecule has 0 radical (unpaired) electrons. The van der Waals surface area contributed by atoms with Gasteiger partial charge in [-0.1, -0.05) is 12.1 Å². The fraction of sp³-hybridized carbons (Fsp3) is 0.500. The smallest absolute Gasteiger partial charge is 0.337 e. The van der Waals surface area contributed by atoms with Crippen molar-refractivity contribution in [3.63, 3.8) is 0 Å². The topological polar surface area (TPSA) is 38.3 Å². The van der Waals surface area contributed by atoms with Crippen LogP contribution in [0.15, 0.2) is 24.3 Å². The number of esters is 1. The van der Waals surface area contributed by atoms with Crippen molar-refractivity contribution in [3.05, 3.63) is 35.4 Å². The molecule has 2 rings (SSSR count). The molecule has 1 saturated heterocycles. The van der Waals surface area contributed by atoms with Gasteiger partial charge in [-0.25, -0.2) is 4.79 Å². The van der Waals surface area contributed by atoms with Gasteiger partial charge in [-0.2, -0.15) is 11.8 Å². The molecule has 1 aromatic rings. The summed E-state index contributed by atoms with van der Waals surface area (Å²) in [5.41, 5.74) is 1.81. The van der Waals surface area contributed by atoms with Crippen LogP contribution in [0.4, 0.5) is 0 Å². The molecule has 0 amide bonds. The number of methoxy groups -OCH3 is 1. The fourth-order valence-electron chi connectivity index (χ4n) is 2.04. The highest BCUT2D eigenvalue weighted by atomic mass is 32.2. The summed E-state index contributed by atoms with van der Waals surface area (Å²) in [6.45, 7) is 0.868. The van der Waals surface area contributed by atoms with Crippen LogP contribution in [-0.4, -0.2) is 30.6 Å². The third-order valence-electron chi connectivity index (χ3n) is 3.13. The van der Waals surface area contributed by atoms with Crippen molar-refractivity contribution in [3.8, 4) is 0 Å². The minimum atomic E-state index is -0.279. The molecule has 1 aromatic carbocycles. The van der Waals surface area contributed by atoms with Crippen LogP contribution < -0.4 is 5.32 Å². The fourth-order valence-corrected chi connectivity index (χ4v) is 3.15. The lowest BCUT2D eigenvalue weighted by Gasteiger charge is -2.22. The third kappa shape index (κ3) is 3.75. The summed E-state index contributed by atoms with van der Waals surface area (Å²) in [5, 5.41) is 3.56. The summed E-state index contributed by atoms with van der Waals surface area (Å²) in [6.07, 6.45) is 2.58. The van der Waals surface area contributed by atoms with Crippen LogP contribution in [0.25, 0.3) is 0 Å².